The molecule has 1 rings (SSSR count). The van der Waals surface area contributed by atoms with Crippen molar-refractivity contribution in [3.63, 3.8) is 0 Å². The molecule has 0 saturated carbocycles. The zero-order valence-corrected chi connectivity index (χ0v) is 12.9. The summed E-state index contributed by atoms with van der Waals surface area (Å²) in [7, 11) is 1.38. The summed E-state index contributed by atoms with van der Waals surface area (Å²) < 4.78 is 4.70. The molecule has 0 aromatic rings. The van der Waals surface area contributed by atoms with Crippen LogP contribution in [0.3, 0.4) is 0 Å². The summed E-state index contributed by atoms with van der Waals surface area (Å²) >= 11 is 0. The average molecular weight is 282 g/mol. The molecular formula is C16H26O4. The Kier molecular flexibility index (Phi) is 6.40. The van der Waals surface area contributed by atoms with Crippen LogP contribution in [0, 0.1) is 17.8 Å². The number of ketones is 1. The van der Waals surface area contributed by atoms with Crippen molar-refractivity contribution in [3.05, 3.63) is 11.6 Å². The Morgan fingerprint density at radius 3 is 2.50 bits per heavy atom. The fourth-order valence-corrected chi connectivity index (χ4v) is 2.72. The summed E-state index contributed by atoms with van der Waals surface area (Å²) in [5.41, 5.74) is 0.707. The number of rotatable bonds is 6. The van der Waals surface area contributed by atoms with E-state index >= 15 is 0 Å². The SMILES string of the molecule is COC(=O)C1=CCC(C(C)C(O)C(=O)CC(C)C)CC1. The van der Waals surface area contributed by atoms with Gasteiger partial charge in [-0.05, 0) is 37.0 Å². The van der Waals surface area contributed by atoms with Gasteiger partial charge in [0, 0.05) is 12.0 Å². The molecule has 4 heteroatoms. The summed E-state index contributed by atoms with van der Waals surface area (Å²) in [5.74, 6) is 0.0931. The predicted molar refractivity (Wildman–Crippen MR) is 77.1 cm³/mol. The Balaban J connectivity index is 2.58. The molecule has 0 spiro atoms. The van der Waals surface area contributed by atoms with Crippen molar-refractivity contribution in [1.29, 1.82) is 0 Å². The summed E-state index contributed by atoms with van der Waals surface area (Å²) in [4.78, 5) is 23.3. The highest BCUT2D eigenvalue weighted by Crippen LogP contribution is 2.32. The van der Waals surface area contributed by atoms with Gasteiger partial charge in [-0.3, -0.25) is 4.79 Å². The molecule has 0 radical (unpaired) electrons. The monoisotopic (exact) mass is 282 g/mol. The third-order valence-corrected chi connectivity index (χ3v) is 4.08. The Bertz CT molecular complexity index is 384. The molecule has 3 atom stereocenters. The van der Waals surface area contributed by atoms with Gasteiger partial charge in [0.05, 0.1) is 7.11 Å². The van der Waals surface area contributed by atoms with Gasteiger partial charge in [-0.25, -0.2) is 4.79 Å². The van der Waals surface area contributed by atoms with E-state index in [0.29, 0.717) is 18.4 Å². The Morgan fingerprint density at radius 2 is 2.05 bits per heavy atom. The lowest BCUT2D eigenvalue weighted by molar-refractivity contribution is -0.136. The van der Waals surface area contributed by atoms with Crippen LogP contribution in [0.4, 0.5) is 0 Å². The fourth-order valence-electron chi connectivity index (χ4n) is 2.72. The molecule has 0 aromatic heterocycles. The summed E-state index contributed by atoms with van der Waals surface area (Å²) in [6.45, 7) is 5.87. The van der Waals surface area contributed by atoms with Gasteiger partial charge in [-0.1, -0.05) is 26.8 Å². The molecule has 0 aromatic carbocycles. The minimum Gasteiger partial charge on any atom is -0.466 e. The molecule has 0 bridgehead atoms. The number of esters is 1. The van der Waals surface area contributed by atoms with Crippen LogP contribution in [0.1, 0.15) is 46.5 Å². The summed E-state index contributed by atoms with van der Waals surface area (Å²) in [6.07, 6.45) is 3.60. The van der Waals surface area contributed by atoms with Gasteiger partial charge in [0.25, 0.3) is 0 Å². The fraction of sp³-hybridized carbons (Fsp3) is 0.750. The first-order valence-corrected chi connectivity index (χ1v) is 7.34. The highest BCUT2D eigenvalue weighted by Gasteiger charge is 2.31. The summed E-state index contributed by atoms with van der Waals surface area (Å²) in [6, 6.07) is 0. The van der Waals surface area contributed by atoms with Gasteiger partial charge >= 0.3 is 5.97 Å². The third-order valence-electron chi connectivity index (χ3n) is 4.08. The highest BCUT2D eigenvalue weighted by atomic mass is 16.5. The van der Waals surface area contributed by atoms with E-state index < -0.39 is 6.10 Å². The zero-order valence-electron chi connectivity index (χ0n) is 12.9. The van der Waals surface area contributed by atoms with Gasteiger partial charge in [-0.15, -0.1) is 0 Å². The maximum absolute atomic E-state index is 11.9. The van der Waals surface area contributed by atoms with E-state index in [2.05, 4.69) is 0 Å². The van der Waals surface area contributed by atoms with Crippen LogP contribution in [0.25, 0.3) is 0 Å². The smallest absolute Gasteiger partial charge is 0.333 e. The lowest BCUT2D eigenvalue weighted by atomic mass is 9.77. The topological polar surface area (TPSA) is 63.6 Å². The Morgan fingerprint density at radius 1 is 1.40 bits per heavy atom. The number of methoxy groups -OCH3 is 1. The van der Waals surface area contributed by atoms with E-state index in [-0.39, 0.29) is 29.5 Å². The van der Waals surface area contributed by atoms with Crippen LogP contribution in [-0.4, -0.2) is 30.1 Å². The average Bonchev–Trinajstić information content (AvgIpc) is 2.44. The van der Waals surface area contributed by atoms with Gasteiger partial charge in [0.2, 0.25) is 0 Å². The number of hydrogen-bond acceptors (Lipinski definition) is 4. The molecule has 20 heavy (non-hydrogen) atoms. The van der Waals surface area contributed by atoms with E-state index in [1.165, 1.54) is 7.11 Å². The van der Waals surface area contributed by atoms with Gasteiger partial charge in [0.1, 0.15) is 6.10 Å². The van der Waals surface area contributed by atoms with Crippen LogP contribution in [0.15, 0.2) is 11.6 Å². The van der Waals surface area contributed by atoms with Crippen molar-refractivity contribution >= 4 is 11.8 Å². The van der Waals surface area contributed by atoms with Crippen molar-refractivity contribution in [1.82, 2.24) is 0 Å². The van der Waals surface area contributed by atoms with Gasteiger partial charge in [-0.2, -0.15) is 0 Å². The minimum atomic E-state index is -0.893. The standard InChI is InChI=1S/C16H26O4/c1-10(2)9-14(17)15(18)11(3)12-5-7-13(8-6-12)16(19)20-4/h7,10-12,15,18H,5-6,8-9H2,1-4H3. The number of allylic oxidation sites excluding steroid dienone is 1. The van der Waals surface area contributed by atoms with Crippen molar-refractivity contribution in [2.45, 2.75) is 52.6 Å². The molecule has 0 heterocycles. The second-order valence-corrected chi connectivity index (χ2v) is 6.12. The van der Waals surface area contributed by atoms with Crippen LogP contribution >= 0.6 is 0 Å². The lowest BCUT2D eigenvalue weighted by Crippen LogP contribution is -2.34. The molecule has 0 amide bonds. The maximum Gasteiger partial charge on any atom is 0.333 e. The Labute approximate surface area is 121 Å². The van der Waals surface area contributed by atoms with E-state index in [4.69, 9.17) is 4.74 Å². The number of carbonyl (C=O) groups is 2. The molecule has 0 fully saturated rings. The first-order chi connectivity index (χ1) is 9.36. The number of aliphatic hydroxyl groups excluding tert-OH is 1. The molecule has 1 aliphatic rings. The largest absolute Gasteiger partial charge is 0.466 e. The molecule has 1 N–H and O–H groups in total. The predicted octanol–water partition coefficient (Wildman–Crippen LogP) is 2.50. The minimum absolute atomic E-state index is 0.0725. The number of aliphatic hydroxyl groups is 1. The van der Waals surface area contributed by atoms with Crippen molar-refractivity contribution in [2.24, 2.45) is 17.8 Å². The lowest BCUT2D eigenvalue weighted by Gasteiger charge is -2.29. The van der Waals surface area contributed by atoms with Crippen LogP contribution in [0.2, 0.25) is 0 Å². The first kappa shape index (κ1) is 16.9. The van der Waals surface area contributed by atoms with Crippen molar-refractivity contribution in [3.8, 4) is 0 Å². The molecule has 3 unspecified atom stereocenters. The summed E-state index contributed by atoms with van der Waals surface area (Å²) in [5, 5.41) is 10.1. The normalized spacial score (nSPS) is 22.1. The number of ether oxygens (including phenoxy) is 1. The van der Waals surface area contributed by atoms with Gasteiger partial charge < -0.3 is 9.84 Å². The zero-order chi connectivity index (χ0) is 15.3. The molecular weight excluding hydrogens is 256 g/mol. The number of Topliss-reactive ketones (excluding diaryl/α,β-unsaturated/α-hetero) is 1. The molecule has 4 nitrogen and oxygen atoms in total. The van der Waals surface area contributed by atoms with E-state index in [1.54, 1.807) is 0 Å². The highest BCUT2D eigenvalue weighted by molar-refractivity contribution is 5.88. The quantitative estimate of drug-likeness (QED) is 0.760. The third kappa shape index (κ3) is 4.44. The second kappa shape index (κ2) is 7.58. The molecule has 1 aliphatic carbocycles. The van der Waals surface area contributed by atoms with E-state index in [0.717, 1.165) is 12.8 Å². The molecule has 0 aliphatic heterocycles. The van der Waals surface area contributed by atoms with Crippen LogP contribution in [-0.2, 0) is 14.3 Å². The number of carbonyl (C=O) groups excluding carboxylic acids is 2. The van der Waals surface area contributed by atoms with Crippen LogP contribution < -0.4 is 0 Å². The van der Waals surface area contributed by atoms with Crippen molar-refractivity contribution < 1.29 is 19.4 Å². The number of hydrogen-bond donors (Lipinski definition) is 1. The second-order valence-electron chi connectivity index (χ2n) is 6.12. The first-order valence-electron chi connectivity index (χ1n) is 7.34. The Hall–Kier alpha value is -1.16. The molecule has 0 saturated heterocycles. The van der Waals surface area contributed by atoms with Crippen LogP contribution in [0.5, 0.6) is 0 Å². The van der Waals surface area contributed by atoms with Crippen molar-refractivity contribution in [2.75, 3.05) is 7.11 Å². The van der Waals surface area contributed by atoms with Gasteiger partial charge in [0.15, 0.2) is 5.78 Å². The maximum atomic E-state index is 11.9. The van der Waals surface area contributed by atoms with E-state index in [1.807, 2.05) is 26.8 Å². The van der Waals surface area contributed by atoms with E-state index in [9.17, 15) is 14.7 Å². The molecule has 114 valence electrons.